The maximum atomic E-state index is 10.7. The van der Waals surface area contributed by atoms with Gasteiger partial charge in [-0.2, -0.15) is 0 Å². The summed E-state index contributed by atoms with van der Waals surface area (Å²) < 4.78 is 0. The molecule has 0 spiro atoms. The summed E-state index contributed by atoms with van der Waals surface area (Å²) in [5.41, 5.74) is 8.89. The van der Waals surface area contributed by atoms with E-state index in [4.69, 9.17) is 22.4 Å². The second kappa shape index (κ2) is 4.44. The molecule has 0 fully saturated rings. The molecule has 0 amide bonds. The van der Waals surface area contributed by atoms with Crippen molar-refractivity contribution in [1.82, 2.24) is 0 Å². The predicted molar refractivity (Wildman–Crippen MR) is 62.8 cm³/mol. The van der Waals surface area contributed by atoms with Crippen LogP contribution in [0.15, 0.2) is 12.1 Å². The van der Waals surface area contributed by atoms with Gasteiger partial charge in [0.1, 0.15) is 6.04 Å². The zero-order chi connectivity index (χ0) is 11.7. The van der Waals surface area contributed by atoms with Gasteiger partial charge in [0.25, 0.3) is 0 Å². The van der Waals surface area contributed by atoms with Gasteiger partial charge in [0, 0.05) is 5.02 Å². The summed E-state index contributed by atoms with van der Waals surface area (Å²) in [5, 5.41) is 9.50. The van der Waals surface area contributed by atoms with Crippen LogP contribution in [0, 0.1) is 0 Å². The minimum absolute atomic E-state index is 0.336. The highest BCUT2D eigenvalue weighted by Crippen LogP contribution is 2.30. The van der Waals surface area contributed by atoms with Gasteiger partial charge in [0.15, 0.2) is 0 Å². The summed E-state index contributed by atoms with van der Waals surface area (Å²) >= 11 is 6.15. The normalized spacial score (nSPS) is 15.9. The Kier molecular flexibility index (Phi) is 3.17. The molecule has 0 saturated carbocycles. The molecule has 3 N–H and O–H groups in total. The number of benzene rings is 1. The van der Waals surface area contributed by atoms with Crippen LogP contribution in [0.5, 0.6) is 0 Å². The van der Waals surface area contributed by atoms with E-state index >= 15 is 0 Å². The fourth-order valence-corrected chi connectivity index (χ4v) is 2.53. The van der Waals surface area contributed by atoms with E-state index in [1.165, 1.54) is 11.1 Å². The second-order valence-electron chi connectivity index (χ2n) is 4.22. The number of halogens is 1. The number of hydrogen-bond acceptors (Lipinski definition) is 2. The van der Waals surface area contributed by atoms with Gasteiger partial charge in [-0.1, -0.05) is 17.7 Å². The molecule has 0 saturated heterocycles. The zero-order valence-electron chi connectivity index (χ0n) is 8.87. The molecule has 16 heavy (non-hydrogen) atoms. The molecule has 0 bridgehead atoms. The summed E-state index contributed by atoms with van der Waals surface area (Å²) in [6.07, 6.45) is 3.52. The van der Waals surface area contributed by atoms with Gasteiger partial charge < -0.3 is 10.8 Å². The first kappa shape index (κ1) is 11.4. The summed E-state index contributed by atoms with van der Waals surface area (Å²) in [7, 11) is 0. The van der Waals surface area contributed by atoms with Gasteiger partial charge in [-0.05, 0) is 48.4 Å². The van der Waals surface area contributed by atoms with E-state index < -0.39 is 12.0 Å². The fraction of sp³-hybridized carbons (Fsp3) is 0.417. The highest BCUT2D eigenvalue weighted by atomic mass is 35.5. The SMILES string of the molecule is NC(Cc1cc(Cl)c2c(c1)CCC2)C(=O)O. The van der Waals surface area contributed by atoms with Crippen molar-refractivity contribution in [3.63, 3.8) is 0 Å². The standard InChI is InChI=1S/C12H14ClNO2/c13-10-5-7(6-11(14)12(15)16)4-8-2-1-3-9(8)10/h4-5,11H,1-3,6,14H2,(H,15,16). The average molecular weight is 240 g/mol. The predicted octanol–water partition coefficient (Wildman–Crippen LogP) is 1.78. The molecule has 0 heterocycles. The van der Waals surface area contributed by atoms with Crippen LogP contribution in [-0.4, -0.2) is 17.1 Å². The van der Waals surface area contributed by atoms with Crippen molar-refractivity contribution in [2.24, 2.45) is 5.73 Å². The van der Waals surface area contributed by atoms with E-state index in [1.54, 1.807) is 0 Å². The summed E-state index contributed by atoms with van der Waals surface area (Å²) in [6.45, 7) is 0. The van der Waals surface area contributed by atoms with Crippen LogP contribution in [-0.2, 0) is 24.1 Å². The van der Waals surface area contributed by atoms with Gasteiger partial charge in [-0.25, -0.2) is 0 Å². The molecule has 0 radical (unpaired) electrons. The number of carboxylic acid groups (broad SMARTS) is 1. The number of fused-ring (bicyclic) bond motifs is 1. The molecule has 3 nitrogen and oxygen atoms in total. The molecule has 1 atom stereocenters. The van der Waals surface area contributed by atoms with Crippen LogP contribution in [0.1, 0.15) is 23.1 Å². The zero-order valence-corrected chi connectivity index (χ0v) is 9.63. The smallest absolute Gasteiger partial charge is 0.320 e. The van der Waals surface area contributed by atoms with Gasteiger partial charge in [-0.15, -0.1) is 0 Å². The lowest BCUT2D eigenvalue weighted by molar-refractivity contribution is -0.138. The highest BCUT2D eigenvalue weighted by molar-refractivity contribution is 6.31. The lowest BCUT2D eigenvalue weighted by Crippen LogP contribution is -2.32. The quantitative estimate of drug-likeness (QED) is 0.845. The third kappa shape index (κ3) is 2.20. The Bertz CT molecular complexity index is 431. The lowest BCUT2D eigenvalue weighted by Gasteiger charge is -2.10. The number of aliphatic carboxylic acids is 1. The average Bonchev–Trinajstić information content (AvgIpc) is 2.65. The summed E-state index contributed by atoms with van der Waals surface area (Å²) in [4.78, 5) is 10.7. The fourth-order valence-electron chi connectivity index (χ4n) is 2.17. The molecule has 1 aromatic carbocycles. The molecular weight excluding hydrogens is 226 g/mol. The second-order valence-corrected chi connectivity index (χ2v) is 4.62. The molecule has 0 aliphatic heterocycles. The molecular formula is C12H14ClNO2. The number of carbonyl (C=O) groups is 1. The van der Waals surface area contributed by atoms with Crippen molar-refractivity contribution in [2.45, 2.75) is 31.7 Å². The first-order valence-electron chi connectivity index (χ1n) is 5.36. The van der Waals surface area contributed by atoms with Gasteiger partial charge >= 0.3 is 5.97 Å². The summed E-state index contributed by atoms with van der Waals surface area (Å²) in [5.74, 6) is -0.975. The Morgan fingerprint density at radius 2 is 2.25 bits per heavy atom. The largest absolute Gasteiger partial charge is 0.480 e. The molecule has 1 aliphatic rings. The molecule has 1 aliphatic carbocycles. The maximum Gasteiger partial charge on any atom is 0.320 e. The van der Waals surface area contributed by atoms with E-state index in [0.717, 1.165) is 29.8 Å². The van der Waals surface area contributed by atoms with Crippen molar-refractivity contribution in [1.29, 1.82) is 0 Å². The van der Waals surface area contributed by atoms with Gasteiger partial charge in [0.2, 0.25) is 0 Å². The Labute approximate surface area is 99.2 Å². The minimum atomic E-state index is -0.975. The first-order chi connectivity index (χ1) is 7.58. The number of hydrogen-bond donors (Lipinski definition) is 2. The Morgan fingerprint density at radius 3 is 2.94 bits per heavy atom. The van der Waals surface area contributed by atoms with E-state index in [-0.39, 0.29) is 0 Å². The molecule has 0 aromatic heterocycles. The number of nitrogens with two attached hydrogens (primary N) is 1. The lowest BCUT2D eigenvalue weighted by atomic mass is 10.0. The Hall–Kier alpha value is -1.06. The van der Waals surface area contributed by atoms with Gasteiger partial charge in [-0.3, -0.25) is 4.79 Å². The minimum Gasteiger partial charge on any atom is -0.480 e. The number of carboxylic acids is 1. The Morgan fingerprint density at radius 1 is 1.50 bits per heavy atom. The monoisotopic (exact) mass is 239 g/mol. The number of rotatable bonds is 3. The van der Waals surface area contributed by atoms with E-state index in [1.807, 2.05) is 12.1 Å². The van der Waals surface area contributed by atoms with Crippen LogP contribution in [0.25, 0.3) is 0 Å². The topological polar surface area (TPSA) is 63.3 Å². The van der Waals surface area contributed by atoms with Crippen LogP contribution in [0.2, 0.25) is 5.02 Å². The highest BCUT2D eigenvalue weighted by Gasteiger charge is 2.18. The van der Waals surface area contributed by atoms with E-state index in [0.29, 0.717) is 6.42 Å². The third-order valence-corrected chi connectivity index (χ3v) is 3.33. The Balaban J connectivity index is 2.23. The van der Waals surface area contributed by atoms with Crippen molar-refractivity contribution >= 4 is 17.6 Å². The molecule has 1 unspecified atom stereocenters. The van der Waals surface area contributed by atoms with Crippen molar-refractivity contribution in [2.75, 3.05) is 0 Å². The van der Waals surface area contributed by atoms with Crippen molar-refractivity contribution in [3.8, 4) is 0 Å². The molecule has 86 valence electrons. The maximum absolute atomic E-state index is 10.7. The van der Waals surface area contributed by atoms with Crippen LogP contribution >= 0.6 is 11.6 Å². The van der Waals surface area contributed by atoms with E-state index in [9.17, 15) is 4.79 Å². The molecule has 4 heteroatoms. The van der Waals surface area contributed by atoms with Crippen molar-refractivity contribution < 1.29 is 9.90 Å². The van der Waals surface area contributed by atoms with Gasteiger partial charge in [0.05, 0.1) is 0 Å². The van der Waals surface area contributed by atoms with Crippen molar-refractivity contribution in [3.05, 3.63) is 33.8 Å². The summed E-state index contributed by atoms with van der Waals surface area (Å²) in [6, 6.07) is 3.03. The third-order valence-electron chi connectivity index (χ3n) is 2.99. The van der Waals surface area contributed by atoms with Crippen LogP contribution in [0.3, 0.4) is 0 Å². The molecule has 2 rings (SSSR count). The first-order valence-corrected chi connectivity index (χ1v) is 5.74. The van der Waals surface area contributed by atoms with Crippen LogP contribution in [0.4, 0.5) is 0 Å². The van der Waals surface area contributed by atoms with E-state index in [2.05, 4.69) is 0 Å². The number of aryl methyl sites for hydroxylation is 1. The van der Waals surface area contributed by atoms with Crippen LogP contribution < -0.4 is 5.73 Å². The molecule has 1 aromatic rings.